The van der Waals surface area contributed by atoms with Gasteiger partial charge in [-0.1, -0.05) is 18.2 Å². The first-order chi connectivity index (χ1) is 6.77. The van der Waals surface area contributed by atoms with E-state index in [-0.39, 0.29) is 0 Å². The molecule has 0 saturated heterocycles. The molecule has 0 radical (unpaired) electrons. The smallest absolute Gasteiger partial charge is 0.0460 e. The van der Waals surface area contributed by atoms with Crippen LogP contribution in [-0.2, 0) is 0 Å². The second kappa shape index (κ2) is 3.66. The number of nitrogens with zero attached hydrogens (tertiary/aromatic N) is 1. The van der Waals surface area contributed by atoms with E-state index in [9.17, 15) is 0 Å². The number of aromatic nitrogens is 1. The van der Waals surface area contributed by atoms with E-state index in [1.54, 1.807) is 0 Å². The van der Waals surface area contributed by atoms with Crippen molar-refractivity contribution in [2.45, 2.75) is 19.9 Å². The van der Waals surface area contributed by atoms with Gasteiger partial charge in [-0.15, -0.1) is 0 Å². The summed E-state index contributed by atoms with van der Waals surface area (Å²) in [5.41, 5.74) is 2.33. The van der Waals surface area contributed by atoms with Gasteiger partial charge in [0.15, 0.2) is 0 Å². The van der Waals surface area contributed by atoms with Crippen LogP contribution >= 0.6 is 0 Å². The molecule has 0 atom stereocenters. The molecule has 1 N–H and O–H groups in total. The normalized spacial score (nSPS) is 11.9. The van der Waals surface area contributed by atoms with E-state index in [1.165, 1.54) is 5.39 Å². The molecule has 2 heteroatoms. The highest BCUT2D eigenvalue weighted by molar-refractivity contribution is 5.98. The fraction of sp³-hybridized carbons (Fsp3) is 0.250. The summed E-state index contributed by atoms with van der Waals surface area (Å²) in [6, 6.07) is 8.60. The average molecular weight is 186 g/mol. The number of benzene rings is 1. The van der Waals surface area contributed by atoms with Crippen molar-refractivity contribution >= 4 is 17.1 Å². The lowest BCUT2D eigenvalue weighted by atomic mass is 10.2. The second-order valence-electron chi connectivity index (χ2n) is 3.66. The van der Waals surface area contributed by atoms with Crippen molar-refractivity contribution < 1.29 is 0 Å². The van der Waals surface area contributed by atoms with E-state index in [4.69, 9.17) is 0 Å². The maximum Gasteiger partial charge on any atom is 0.0460 e. The number of H-pyrrole nitrogens is 1. The predicted molar refractivity (Wildman–Crippen MR) is 61.0 cm³/mol. The molecular weight excluding hydrogens is 172 g/mol. The van der Waals surface area contributed by atoms with E-state index < -0.39 is 0 Å². The predicted octanol–water partition coefficient (Wildman–Crippen LogP) is 3.00. The molecule has 72 valence electrons. The Morgan fingerprint density at radius 2 is 2.07 bits per heavy atom. The maximum atomic E-state index is 4.37. The van der Waals surface area contributed by atoms with Crippen LogP contribution in [0.15, 0.2) is 35.5 Å². The molecule has 2 aromatic rings. The van der Waals surface area contributed by atoms with Gasteiger partial charge in [0.1, 0.15) is 0 Å². The molecule has 0 amide bonds. The van der Waals surface area contributed by atoms with Crippen LogP contribution in [-0.4, -0.2) is 17.2 Å². The number of rotatable bonds is 2. The SMILES string of the molecule is CC(C)/N=C/c1c[nH]c2ccccc12. The van der Waals surface area contributed by atoms with Gasteiger partial charge in [-0.05, 0) is 19.9 Å². The zero-order valence-corrected chi connectivity index (χ0v) is 8.49. The summed E-state index contributed by atoms with van der Waals surface area (Å²) in [6.07, 6.45) is 3.93. The zero-order valence-electron chi connectivity index (χ0n) is 8.49. The number of hydrogen-bond acceptors (Lipinski definition) is 1. The van der Waals surface area contributed by atoms with Crippen LogP contribution < -0.4 is 0 Å². The molecule has 0 unspecified atom stereocenters. The van der Waals surface area contributed by atoms with Gasteiger partial charge in [-0.25, -0.2) is 0 Å². The minimum Gasteiger partial charge on any atom is -0.361 e. The van der Waals surface area contributed by atoms with Gasteiger partial charge >= 0.3 is 0 Å². The first-order valence-electron chi connectivity index (χ1n) is 4.86. The van der Waals surface area contributed by atoms with Crippen molar-refractivity contribution in [2.75, 3.05) is 0 Å². The molecular formula is C12H14N2. The molecule has 0 aliphatic heterocycles. The molecule has 1 aromatic carbocycles. The lowest BCUT2D eigenvalue weighted by molar-refractivity contribution is 0.841. The van der Waals surface area contributed by atoms with Crippen LogP contribution in [0.25, 0.3) is 10.9 Å². The Morgan fingerprint density at radius 1 is 1.29 bits per heavy atom. The third-order valence-electron chi connectivity index (χ3n) is 2.13. The van der Waals surface area contributed by atoms with E-state index in [1.807, 2.05) is 24.5 Å². The van der Waals surface area contributed by atoms with Crippen molar-refractivity contribution in [3.05, 3.63) is 36.0 Å². The summed E-state index contributed by atoms with van der Waals surface area (Å²) < 4.78 is 0. The van der Waals surface area contributed by atoms with Gasteiger partial charge < -0.3 is 4.98 Å². The molecule has 2 nitrogen and oxygen atoms in total. The number of aromatic amines is 1. The summed E-state index contributed by atoms with van der Waals surface area (Å²) in [5.74, 6) is 0. The van der Waals surface area contributed by atoms with Gasteiger partial charge in [0.25, 0.3) is 0 Å². The zero-order chi connectivity index (χ0) is 9.97. The molecule has 0 spiro atoms. The van der Waals surface area contributed by atoms with Gasteiger partial charge in [-0.2, -0.15) is 0 Å². The number of hydrogen-bond donors (Lipinski definition) is 1. The highest BCUT2D eigenvalue weighted by Crippen LogP contribution is 2.15. The van der Waals surface area contributed by atoms with Crippen LogP contribution in [0.1, 0.15) is 19.4 Å². The summed E-state index contributed by atoms with van der Waals surface area (Å²) in [5, 5.41) is 1.23. The first kappa shape index (κ1) is 9.00. The average Bonchev–Trinajstić information content (AvgIpc) is 2.58. The van der Waals surface area contributed by atoms with E-state index in [0.717, 1.165) is 11.1 Å². The van der Waals surface area contributed by atoms with Gasteiger partial charge in [0.2, 0.25) is 0 Å². The lowest BCUT2D eigenvalue weighted by Gasteiger charge is -1.94. The first-order valence-corrected chi connectivity index (χ1v) is 4.86. The molecule has 0 fully saturated rings. The van der Waals surface area contributed by atoms with Crippen LogP contribution in [0.3, 0.4) is 0 Å². The highest BCUT2D eigenvalue weighted by atomic mass is 14.7. The molecule has 0 aliphatic carbocycles. The lowest BCUT2D eigenvalue weighted by Crippen LogP contribution is -1.89. The standard InChI is InChI=1S/C12H14N2/c1-9(2)13-7-10-8-14-12-6-4-3-5-11(10)12/h3-9,14H,1-2H3/b13-7+. The number of fused-ring (bicyclic) bond motifs is 1. The molecule has 2 rings (SSSR count). The third-order valence-corrected chi connectivity index (χ3v) is 2.13. The Bertz CT molecular complexity index is 452. The second-order valence-corrected chi connectivity index (χ2v) is 3.66. The van der Waals surface area contributed by atoms with Crippen molar-refractivity contribution in [1.82, 2.24) is 4.98 Å². The largest absolute Gasteiger partial charge is 0.361 e. The summed E-state index contributed by atoms with van der Waals surface area (Å²) in [7, 11) is 0. The maximum absolute atomic E-state index is 4.37. The molecule has 1 aromatic heterocycles. The third kappa shape index (κ3) is 1.69. The van der Waals surface area contributed by atoms with Crippen LogP contribution in [0.5, 0.6) is 0 Å². The number of nitrogens with one attached hydrogen (secondary N) is 1. The Balaban J connectivity index is 2.43. The Morgan fingerprint density at radius 3 is 2.86 bits per heavy atom. The van der Waals surface area contributed by atoms with Crippen molar-refractivity contribution in [2.24, 2.45) is 4.99 Å². The summed E-state index contributed by atoms with van der Waals surface area (Å²) in [4.78, 5) is 7.59. The minimum atomic E-state index is 0.351. The number of para-hydroxylation sites is 1. The Hall–Kier alpha value is -1.57. The number of aliphatic imine (C=N–C) groups is 1. The fourth-order valence-corrected chi connectivity index (χ4v) is 1.43. The summed E-state index contributed by atoms with van der Waals surface area (Å²) in [6.45, 7) is 4.15. The van der Waals surface area contributed by atoms with Gasteiger partial charge in [0, 0.05) is 34.9 Å². The van der Waals surface area contributed by atoms with E-state index >= 15 is 0 Å². The van der Waals surface area contributed by atoms with Gasteiger partial charge in [0.05, 0.1) is 0 Å². The van der Waals surface area contributed by atoms with E-state index in [2.05, 4.69) is 36.0 Å². The van der Waals surface area contributed by atoms with Crippen molar-refractivity contribution in [3.8, 4) is 0 Å². The van der Waals surface area contributed by atoms with Crippen LogP contribution in [0, 0.1) is 0 Å². The molecule has 14 heavy (non-hydrogen) atoms. The highest BCUT2D eigenvalue weighted by Gasteiger charge is 1.99. The minimum absolute atomic E-state index is 0.351. The summed E-state index contributed by atoms with van der Waals surface area (Å²) >= 11 is 0. The molecule has 0 bridgehead atoms. The molecule has 0 aliphatic rings. The van der Waals surface area contributed by atoms with Crippen molar-refractivity contribution in [3.63, 3.8) is 0 Å². The van der Waals surface area contributed by atoms with Crippen molar-refractivity contribution in [1.29, 1.82) is 0 Å². The van der Waals surface area contributed by atoms with Gasteiger partial charge in [-0.3, -0.25) is 4.99 Å². The Kier molecular flexibility index (Phi) is 2.35. The Labute approximate surface area is 83.7 Å². The topological polar surface area (TPSA) is 28.1 Å². The quantitative estimate of drug-likeness (QED) is 0.698. The van der Waals surface area contributed by atoms with Crippen LogP contribution in [0.4, 0.5) is 0 Å². The molecule has 1 heterocycles. The molecule has 0 saturated carbocycles. The van der Waals surface area contributed by atoms with E-state index in [0.29, 0.717) is 6.04 Å². The fourth-order valence-electron chi connectivity index (χ4n) is 1.43. The monoisotopic (exact) mass is 186 g/mol. The van der Waals surface area contributed by atoms with Crippen LogP contribution in [0.2, 0.25) is 0 Å².